The van der Waals surface area contributed by atoms with Crippen molar-refractivity contribution in [2.45, 2.75) is 50.7 Å². The van der Waals surface area contributed by atoms with E-state index in [1.165, 1.54) is 12.8 Å². The van der Waals surface area contributed by atoms with Gasteiger partial charge in [-0.2, -0.15) is 0 Å². The molecule has 1 atom stereocenters. The number of amides is 1. The van der Waals surface area contributed by atoms with Crippen LogP contribution in [0.4, 0.5) is 0 Å². The summed E-state index contributed by atoms with van der Waals surface area (Å²) in [6.07, 6.45) is 7.06. The van der Waals surface area contributed by atoms with Crippen LogP contribution >= 0.6 is 12.4 Å². The predicted octanol–water partition coefficient (Wildman–Crippen LogP) is 2.99. The van der Waals surface area contributed by atoms with E-state index in [9.17, 15) is 4.79 Å². The van der Waals surface area contributed by atoms with Crippen LogP contribution in [0.3, 0.4) is 0 Å². The van der Waals surface area contributed by atoms with Crippen molar-refractivity contribution in [3.63, 3.8) is 0 Å². The van der Waals surface area contributed by atoms with E-state index in [4.69, 9.17) is 10.5 Å². The second-order valence-corrected chi connectivity index (χ2v) is 6.21. The van der Waals surface area contributed by atoms with Crippen molar-refractivity contribution in [2.24, 2.45) is 5.73 Å². The minimum Gasteiger partial charge on any atom is -0.490 e. The Kier molecular flexibility index (Phi) is 6.09. The maximum Gasteiger partial charge on any atom is 0.254 e. The number of hydrogen-bond donors (Lipinski definition) is 1. The third-order valence-corrected chi connectivity index (χ3v) is 4.43. The molecule has 1 saturated carbocycles. The lowest BCUT2D eigenvalue weighted by molar-refractivity contribution is 0.0708. The van der Waals surface area contributed by atoms with E-state index in [1.54, 1.807) is 0 Å². The molecule has 1 heterocycles. The highest BCUT2D eigenvalue weighted by atomic mass is 35.5. The van der Waals surface area contributed by atoms with Crippen molar-refractivity contribution in [3.05, 3.63) is 29.8 Å². The van der Waals surface area contributed by atoms with Crippen molar-refractivity contribution in [1.29, 1.82) is 0 Å². The molecule has 0 bridgehead atoms. The number of piperidine rings is 1. The molecule has 1 aromatic rings. The first-order valence-electron chi connectivity index (χ1n) is 8.04. The Morgan fingerprint density at radius 3 is 2.68 bits per heavy atom. The highest BCUT2D eigenvalue weighted by molar-refractivity contribution is 5.94. The lowest BCUT2D eigenvalue weighted by Gasteiger charge is -2.30. The molecule has 0 spiro atoms. The zero-order chi connectivity index (χ0) is 14.7. The first kappa shape index (κ1) is 17.1. The van der Waals surface area contributed by atoms with Gasteiger partial charge in [0.05, 0.1) is 6.10 Å². The summed E-state index contributed by atoms with van der Waals surface area (Å²) in [5.41, 5.74) is 6.67. The minimum atomic E-state index is 0. The zero-order valence-corrected chi connectivity index (χ0v) is 13.7. The Morgan fingerprint density at radius 2 is 1.95 bits per heavy atom. The number of ether oxygens (including phenoxy) is 1. The molecule has 1 unspecified atom stereocenters. The van der Waals surface area contributed by atoms with E-state index in [0.29, 0.717) is 18.2 Å². The van der Waals surface area contributed by atoms with Gasteiger partial charge in [0.25, 0.3) is 5.91 Å². The van der Waals surface area contributed by atoms with Gasteiger partial charge in [-0.3, -0.25) is 4.79 Å². The normalized spacial score (nSPS) is 22.2. The Hall–Kier alpha value is -1.26. The fraction of sp³-hybridized carbons (Fsp3) is 0.588. The third-order valence-electron chi connectivity index (χ3n) is 4.43. The van der Waals surface area contributed by atoms with Crippen LogP contribution in [0.2, 0.25) is 0 Å². The summed E-state index contributed by atoms with van der Waals surface area (Å²) < 4.78 is 5.98. The maximum atomic E-state index is 12.5. The molecule has 1 amide bonds. The SMILES string of the molecule is Cl.NC1CCCN(C(=O)c2cccc(OC3CCCC3)c2)C1. The fourth-order valence-corrected chi connectivity index (χ4v) is 3.28. The molecule has 2 fully saturated rings. The molecule has 1 saturated heterocycles. The molecule has 1 aliphatic carbocycles. The van der Waals surface area contributed by atoms with Gasteiger partial charge in [-0.15, -0.1) is 12.4 Å². The quantitative estimate of drug-likeness (QED) is 0.930. The van der Waals surface area contributed by atoms with Crippen LogP contribution in [0.15, 0.2) is 24.3 Å². The van der Waals surface area contributed by atoms with Gasteiger partial charge in [0, 0.05) is 24.7 Å². The third kappa shape index (κ3) is 4.14. The molecule has 2 aliphatic rings. The lowest BCUT2D eigenvalue weighted by Crippen LogP contribution is -2.45. The predicted molar refractivity (Wildman–Crippen MR) is 89.7 cm³/mol. The zero-order valence-electron chi connectivity index (χ0n) is 12.9. The van der Waals surface area contributed by atoms with E-state index >= 15 is 0 Å². The van der Waals surface area contributed by atoms with Gasteiger partial charge in [0.15, 0.2) is 0 Å². The molecule has 0 aromatic heterocycles. The van der Waals surface area contributed by atoms with Crippen LogP contribution in [0.25, 0.3) is 0 Å². The molecule has 2 N–H and O–H groups in total. The lowest BCUT2D eigenvalue weighted by atomic mass is 10.1. The van der Waals surface area contributed by atoms with Crippen LogP contribution in [0.1, 0.15) is 48.9 Å². The number of benzene rings is 1. The largest absolute Gasteiger partial charge is 0.490 e. The van der Waals surface area contributed by atoms with Gasteiger partial charge in [-0.1, -0.05) is 6.07 Å². The van der Waals surface area contributed by atoms with Gasteiger partial charge >= 0.3 is 0 Å². The van der Waals surface area contributed by atoms with Gasteiger partial charge < -0.3 is 15.4 Å². The summed E-state index contributed by atoms with van der Waals surface area (Å²) in [4.78, 5) is 14.4. The highest BCUT2D eigenvalue weighted by Crippen LogP contribution is 2.25. The molecule has 5 heteroatoms. The summed E-state index contributed by atoms with van der Waals surface area (Å²) in [5, 5.41) is 0. The fourth-order valence-electron chi connectivity index (χ4n) is 3.28. The van der Waals surface area contributed by atoms with Crippen LogP contribution in [-0.4, -0.2) is 36.0 Å². The Balaban J connectivity index is 0.00000176. The van der Waals surface area contributed by atoms with Crippen molar-refractivity contribution in [3.8, 4) is 5.75 Å². The number of halogens is 1. The van der Waals surface area contributed by atoms with Crippen LogP contribution in [-0.2, 0) is 0 Å². The second-order valence-electron chi connectivity index (χ2n) is 6.21. The molecular weight excluding hydrogens is 300 g/mol. The van der Waals surface area contributed by atoms with E-state index < -0.39 is 0 Å². The first-order chi connectivity index (χ1) is 10.2. The number of carbonyl (C=O) groups excluding carboxylic acids is 1. The second kappa shape index (κ2) is 7.84. The van der Waals surface area contributed by atoms with E-state index in [0.717, 1.165) is 38.0 Å². The van der Waals surface area contributed by atoms with Crippen LogP contribution < -0.4 is 10.5 Å². The number of likely N-dealkylation sites (tertiary alicyclic amines) is 1. The van der Waals surface area contributed by atoms with Crippen molar-refractivity contribution in [1.82, 2.24) is 4.90 Å². The molecule has 1 aromatic carbocycles. The van der Waals surface area contributed by atoms with Gasteiger partial charge in [0.1, 0.15) is 5.75 Å². The number of hydrogen-bond acceptors (Lipinski definition) is 3. The van der Waals surface area contributed by atoms with Gasteiger partial charge in [0.2, 0.25) is 0 Å². The molecular formula is C17H25ClN2O2. The summed E-state index contributed by atoms with van der Waals surface area (Å²) in [6, 6.07) is 7.70. The molecule has 1 aliphatic heterocycles. The monoisotopic (exact) mass is 324 g/mol. The van der Waals surface area contributed by atoms with Crippen molar-refractivity contribution >= 4 is 18.3 Å². The highest BCUT2D eigenvalue weighted by Gasteiger charge is 2.23. The minimum absolute atomic E-state index is 0. The van der Waals surface area contributed by atoms with E-state index in [1.807, 2.05) is 29.2 Å². The summed E-state index contributed by atoms with van der Waals surface area (Å²) in [7, 11) is 0. The van der Waals surface area contributed by atoms with E-state index in [-0.39, 0.29) is 24.4 Å². The van der Waals surface area contributed by atoms with Gasteiger partial charge in [-0.25, -0.2) is 0 Å². The summed E-state index contributed by atoms with van der Waals surface area (Å²) >= 11 is 0. The number of rotatable bonds is 3. The van der Waals surface area contributed by atoms with Crippen LogP contribution in [0, 0.1) is 0 Å². The first-order valence-corrected chi connectivity index (χ1v) is 8.04. The molecule has 0 radical (unpaired) electrons. The van der Waals surface area contributed by atoms with E-state index in [2.05, 4.69) is 0 Å². The van der Waals surface area contributed by atoms with Crippen LogP contribution in [0.5, 0.6) is 5.75 Å². The molecule has 4 nitrogen and oxygen atoms in total. The van der Waals surface area contributed by atoms with Gasteiger partial charge in [-0.05, 0) is 56.7 Å². The summed E-state index contributed by atoms with van der Waals surface area (Å²) in [6.45, 7) is 1.47. The average molecular weight is 325 g/mol. The number of carbonyl (C=O) groups is 1. The van der Waals surface area contributed by atoms with Crippen molar-refractivity contribution < 1.29 is 9.53 Å². The summed E-state index contributed by atoms with van der Waals surface area (Å²) in [5.74, 6) is 0.885. The molecule has 3 rings (SSSR count). The average Bonchev–Trinajstić information content (AvgIpc) is 3.00. The standard InChI is InChI=1S/C17H24N2O2.ClH/c18-14-6-4-10-19(12-14)17(20)13-5-3-9-16(11-13)21-15-7-1-2-8-15;/h3,5,9,11,14-15H,1-2,4,6-8,10,12,18H2;1H. The maximum absolute atomic E-state index is 12.5. The Labute approximate surface area is 138 Å². The number of nitrogens with two attached hydrogens (primary N) is 1. The smallest absolute Gasteiger partial charge is 0.254 e. The molecule has 22 heavy (non-hydrogen) atoms. The Bertz CT molecular complexity index is 503. The molecule has 122 valence electrons. The van der Waals surface area contributed by atoms with Crippen molar-refractivity contribution in [2.75, 3.05) is 13.1 Å². The number of nitrogens with zero attached hydrogens (tertiary/aromatic N) is 1. The Morgan fingerprint density at radius 1 is 1.18 bits per heavy atom. The topological polar surface area (TPSA) is 55.6 Å².